The molecule has 0 saturated carbocycles. The van der Waals surface area contributed by atoms with E-state index >= 15 is 0 Å². The van der Waals surface area contributed by atoms with Crippen molar-refractivity contribution >= 4 is 11.7 Å². The van der Waals surface area contributed by atoms with E-state index in [4.69, 9.17) is 0 Å². The Balaban J connectivity index is 1.67. The number of carbonyl (C=O) groups is 1. The molecule has 0 aliphatic heterocycles. The minimum absolute atomic E-state index is 0.244. The van der Waals surface area contributed by atoms with E-state index in [0.717, 1.165) is 16.7 Å². The lowest BCUT2D eigenvalue weighted by Gasteiger charge is -2.18. The van der Waals surface area contributed by atoms with E-state index in [9.17, 15) is 27.2 Å². The maximum Gasteiger partial charge on any atom is 0.306 e. The van der Waals surface area contributed by atoms with Crippen LogP contribution in [0.25, 0.3) is 0 Å². The summed E-state index contributed by atoms with van der Waals surface area (Å²) in [5, 5.41) is 4.34. The van der Waals surface area contributed by atoms with Crippen LogP contribution < -0.4 is 16.2 Å². The van der Waals surface area contributed by atoms with Gasteiger partial charge in [-0.2, -0.15) is 17.6 Å². The lowest BCUT2D eigenvalue weighted by atomic mass is 10.2. The van der Waals surface area contributed by atoms with E-state index in [0.29, 0.717) is 0 Å². The Hall–Kier alpha value is -3.83. The topological polar surface area (TPSA) is 102 Å². The fraction of sp³-hybridized carbons (Fsp3) is 0.286. The number of anilines is 1. The summed E-state index contributed by atoms with van der Waals surface area (Å²) in [5.74, 6) is -8.09. The third kappa shape index (κ3) is 5.90. The van der Waals surface area contributed by atoms with E-state index < -0.39 is 60.2 Å². The van der Waals surface area contributed by atoms with Gasteiger partial charge in [0, 0.05) is 24.3 Å². The average Bonchev–Trinajstić information content (AvgIpc) is 2.81. The molecular formula is C21H20F4N6O2. The molecule has 0 spiro atoms. The van der Waals surface area contributed by atoms with Crippen LogP contribution in [0.2, 0.25) is 0 Å². The Morgan fingerprint density at radius 2 is 1.52 bits per heavy atom. The largest absolute Gasteiger partial charge is 0.359 e. The summed E-state index contributed by atoms with van der Waals surface area (Å²) < 4.78 is 58.0. The van der Waals surface area contributed by atoms with Gasteiger partial charge in [0.15, 0.2) is 5.82 Å². The van der Waals surface area contributed by atoms with Gasteiger partial charge >= 0.3 is 11.8 Å². The second-order valence-electron chi connectivity index (χ2n) is 7.11. The highest BCUT2D eigenvalue weighted by molar-refractivity contribution is 5.76. The Morgan fingerprint density at radius 1 is 0.939 bits per heavy atom. The van der Waals surface area contributed by atoms with Crippen LogP contribution in [0, 0.1) is 6.92 Å². The van der Waals surface area contributed by atoms with Crippen molar-refractivity contribution in [2.75, 3.05) is 18.4 Å². The van der Waals surface area contributed by atoms with Crippen LogP contribution in [0.15, 0.2) is 59.8 Å². The molecule has 8 nitrogen and oxygen atoms in total. The normalized spacial score (nSPS) is 11.8. The average molecular weight is 464 g/mol. The molecule has 0 fully saturated rings. The number of aromatic nitrogens is 4. The molecule has 1 amide bonds. The summed E-state index contributed by atoms with van der Waals surface area (Å²) in [4.78, 5) is 35.8. The lowest BCUT2D eigenvalue weighted by Crippen LogP contribution is -2.40. The molecule has 0 unspecified atom stereocenters. The van der Waals surface area contributed by atoms with Crippen molar-refractivity contribution in [3.63, 3.8) is 0 Å². The molecule has 3 aromatic rings. The highest BCUT2D eigenvalue weighted by atomic mass is 19.3. The van der Waals surface area contributed by atoms with Gasteiger partial charge in [-0.05, 0) is 31.2 Å². The minimum atomic E-state index is -3.42. The molecule has 12 heteroatoms. The predicted octanol–water partition coefficient (Wildman–Crippen LogP) is 2.45. The zero-order valence-electron chi connectivity index (χ0n) is 17.4. The van der Waals surface area contributed by atoms with Crippen molar-refractivity contribution in [2.24, 2.45) is 0 Å². The van der Waals surface area contributed by atoms with Crippen LogP contribution in [0.5, 0.6) is 0 Å². The molecule has 33 heavy (non-hydrogen) atoms. The maximum absolute atomic E-state index is 14.3. The highest BCUT2D eigenvalue weighted by Gasteiger charge is 2.34. The number of aryl methyl sites for hydroxylation is 1. The van der Waals surface area contributed by atoms with Gasteiger partial charge < -0.3 is 10.6 Å². The van der Waals surface area contributed by atoms with E-state index in [1.807, 2.05) is 0 Å². The summed E-state index contributed by atoms with van der Waals surface area (Å²) in [5.41, 5.74) is -1.60. The summed E-state index contributed by atoms with van der Waals surface area (Å²) >= 11 is 0. The smallest absolute Gasteiger partial charge is 0.306 e. The summed E-state index contributed by atoms with van der Waals surface area (Å²) in [6.45, 7) is -1.12. The van der Waals surface area contributed by atoms with Crippen molar-refractivity contribution in [1.82, 2.24) is 24.8 Å². The lowest BCUT2D eigenvalue weighted by molar-refractivity contribution is -0.124. The number of nitrogens with one attached hydrogen (secondary N) is 2. The van der Waals surface area contributed by atoms with Crippen molar-refractivity contribution < 1.29 is 22.4 Å². The number of halogens is 4. The first kappa shape index (κ1) is 23.8. The van der Waals surface area contributed by atoms with Gasteiger partial charge in [-0.15, -0.1) is 0 Å². The van der Waals surface area contributed by atoms with Crippen molar-refractivity contribution in [1.29, 1.82) is 0 Å². The Kier molecular flexibility index (Phi) is 7.04. The zero-order valence-corrected chi connectivity index (χ0v) is 17.4. The first-order valence-electron chi connectivity index (χ1n) is 9.76. The van der Waals surface area contributed by atoms with Gasteiger partial charge in [-0.3, -0.25) is 24.1 Å². The van der Waals surface area contributed by atoms with Gasteiger partial charge in [0.2, 0.25) is 5.91 Å². The molecule has 3 rings (SSSR count). The van der Waals surface area contributed by atoms with Crippen molar-refractivity contribution in [3.05, 3.63) is 82.4 Å². The third-order valence-corrected chi connectivity index (χ3v) is 4.62. The van der Waals surface area contributed by atoms with Gasteiger partial charge in [-0.25, -0.2) is 4.98 Å². The van der Waals surface area contributed by atoms with Crippen LogP contribution >= 0.6 is 0 Å². The Morgan fingerprint density at radius 3 is 2.06 bits per heavy atom. The van der Waals surface area contributed by atoms with Crippen LogP contribution in [0.1, 0.15) is 17.1 Å². The van der Waals surface area contributed by atoms with E-state index in [1.165, 1.54) is 49.8 Å². The Labute approximate surface area is 185 Å². The molecule has 174 valence electrons. The van der Waals surface area contributed by atoms with Crippen LogP contribution in [0.3, 0.4) is 0 Å². The number of alkyl halides is 4. The monoisotopic (exact) mass is 464 g/mol. The van der Waals surface area contributed by atoms with Crippen molar-refractivity contribution in [2.45, 2.75) is 25.3 Å². The molecule has 2 N–H and O–H groups in total. The number of rotatable bonds is 9. The molecule has 0 aliphatic carbocycles. The Bertz CT molecular complexity index is 1160. The first-order valence-corrected chi connectivity index (χ1v) is 9.76. The van der Waals surface area contributed by atoms with Crippen LogP contribution in [-0.2, 0) is 23.2 Å². The van der Waals surface area contributed by atoms with E-state index in [2.05, 4.69) is 25.6 Å². The zero-order chi connectivity index (χ0) is 24.1. The molecule has 0 atom stereocenters. The van der Waals surface area contributed by atoms with E-state index in [1.54, 1.807) is 0 Å². The van der Waals surface area contributed by atoms with Gasteiger partial charge in [0.05, 0.1) is 13.1 Å². The van der Waals surface area contributed by atoms with Gasteiger partial charge in [0.1, 0.15) is 17.9 Å². The summed E-state index contributed by atoms with van der Waals surface area (Å²) in [7, 11) is 0. The fourth-order valence-electron chi connectivity index (χ4n) is 2.83. The first-order chi connectivity index (χ1) is 15.6. The number of amides is 1. The molecule has 3 aromatic heterocycles. The van der Waals surface area contributed by atoms with Gasteiger partial charge in [0.25, 0.3) is 5.56 Å². The maximum atomic E-state index is 14.3. The fourth-order valence-corrected chi connectivity index (χ4v) is 2.83. The number of hydrogen-bond donors (Lipinski definition) is 2. The SMILES string of the molecule is Cc1cnc(NCC(F)(F)c2ccccn2)c(=O)n1CC(=O)NCC(F)(F)c1ccccn1. The van der Waals surface area contributed by atoms with Gasteiger partial charge in [-0.1, -0.05) is 12.1 Å². The number of hydrogen-bond acceptors (Lipinski definition) is 6. The molecule has 0 bridgehead atoms. The molecular weight excluding hydrogens is 444 g/mol. The highest BCUT2D eigenvalue weighted by Crippen LogP contribution is 2.26. The minimum Gasteiger partial charge on any atom is -0.359 e. The standard InChI is InChI=1S/C21H20F4N6O2/c1-14-10-28-18(30-13-21(24,25)16-7-3-5-9-27-16)19(33)31(14)11-17(32)29-12-20(22,23)15-6-2-4-8-26-15/h2-10H,11-13H2,1H3,(H,28,30)(H,29,32). The van der Waals surface area contributed by atoms with Crippen LogP contribution in [0.4, 0.5) is 23.4 Å². The van der Waals surface area contributed by atoms with Crippen molar-refractivity contribution in [3.8, 4) is 0 Å². The third-order valence-electron chi connectivity index (χ3n) is 4.62. The number of pyridine rings is 2. The summed E-state index contributed by atoms with van der Waals surface area (Å²) in [6.07, 6.45) is 3.63. The summed E-state index contributed by atoms with van der Waals surface area (Å²) in [6, 6.07) is 8.04. The van der Waals surface area contributed by atoms with E-state index in [-0.39, 0.29) is 5.69 Å². The molecule has 0 aliphatic rings. The quantitative estimate of drug-likeness (QED) is 0.472. The molecule has 0 radical (unpaired) electrons. The molecule has 0 aromatic carbocycles. The molecule has 0 saturated heterocycles. The second kappa shape index (κ2) is 9.76. The van der Waals surface area contributed by atoms with Crippen LogP contribution in [-0.4, -0.2) is 38.5 Å². The number of nitrogens with zero attached hydrogens (tertiary/aromatic N) is 4. The predicted molar refractivity (Wildman–Crippen MR) is 111 cm³/mol. The number of carbonyl (C=O) groups excluding carboxylic acids is 1. The second-order valence-corrected chi connectivity index (χ2v) is 7.11. The molecule has 3 heterocycles.